The number of hydrogen-bond acceptors (Lipinski definition) is 4. The number of hydrogen-bond donors (Lipinski definition) is 2. The maximum absolute atomic E-state index is 11.8. The van der Waals surface area contributed by atoms with Gasteiger partial charge in [-0.1, -0.05) is 0 Å². The molecule has 0 saturated heterocycles. The molecule has 0 fully saturated rings. The molecule has 0 spiro atoms. The molecule has 1 heterocycles. The standard InChI is InChI=1S/C10H7BrN4O3/c11-8-5-12-14-9(8)10(16)13-6-1-3-7(4-2-6)15(17)18/h1-5H,(H,12,14)(H,13,16). The number of anilines is 1. The molecule has 92 valence electrons. The van der Waals surface area contributed by atoms with Crippen LogP contribution in [0.2, 0.25) is 0 Å². The minimum atomic E-state index is -0.503. The summed E-state index contributed by atoms with van der Waals surface area (Å²) >= 11 is 3.17. The smallest absolute Gasteiger partial charge is 0.274 e. The number of nitro benzene ring substituents is 1. The van der Waals surface area contributed by atoms with E-state index in [1.54, 1.807) is 0 Å². The largest absolute Gasteiger partial charge is 0.321 e. The zero-order valence-electron chi connectivity index (χ0n) is 8.88. The highest BCUT2D eigenvalue weighted by atomic mass is 79.9. The van der Waals surface area contributed by atoms with Gasteiger partial charge in [0.15, 0.2) is 0 Å². The zero-order valence-corrected chi connectivity index (χ0v) is 10.5. The van der Waals surface area contributed by atoms with Crippen LogP contribution in [0.15, 0.2) is 34.9 Å². The maximum atomic E-state index is 11.8. The second-order valence-electron chi connectivity index (χ2n) is 3.35. The Morgan fingerprint density at radius 1 is 1.39 bits per heavy atom. The highest BCUT2D eigenvalue weighted by molar-refractivity contribution is 9.10. The Bertz CT molecular complexity index is 593. The number of rotatable bonds is 3. The fourth-order valence-electron chi connectivity index (χ4n) is 1.29. The fraction of sp³-hybridized carbons (Fsp3) is 0. The molecule has 18 heavy (non-hydrogen) atoms. The van der Waals surface area contributed by atoms with E-state index in [-0.39, 0.29) is 17.3 Å². The molecule has 0 radical (unpaired) electrons. The van der Waals surface area contributed by atoms with Crippen LogP contribution >= 0.6 is 15.9 Å². The van der Waals surface area contributed by atoms with Crippen LogP contribution in [-0.2, 0) is 0 Å². The van der Waals surface area contributed by atoms with E-state index < -0.39 is 4.92 Å². The van der Waals surface area contributed by atoms with Crippen molar-refractivity contribution in [1.82, 2.24) is 10.2 Å². The van der Waals surface area contributed by atoms with Gasteiger partial charge in [-0.25, -0.2) is 0 Å². The first-order valence-corrected chi connectivity index (χ1v) is 5.62. The van der Waals surface area contributed by atoms with Crippen molar-refractivity contribution in [2.45, 2.75) is 0 Å². The molecular weight excluding hydrogens is 304 g/mol. The Morgan fingerprint density at radius 2 is 2.06 bits per heavy atom. The molecule has 2 N–H and O–H groups in total. The number of aromatic nitrogens is 2. The topological polar surface area (TPSA) is 101 Å². The predicted octanol–water partition coefficient (Wildman–Crippen LogP) is 2.33. The van der Waals surface area contributed by atoms with Crippen molar-refractivity contribution in [1.29, 1.82) is 0 Å². The van der Waals surface area contributed by atoms with Crippen LogP contribution in [-0.4, -0.2) is 21.0 Å². The number of carbonyl (C=O) groups excluding carboxylic acids is 1. The first-order chi connectivity index (χ1) is 8.58. The Balaban J connectivity index is 2.13. The summed E-state index contributed by atoms with van der Waals surface area (Å²) in [5.74, 6) is -0.381. The molecule has 1 aromatic carbocycles. The average Bonchev–Trinajstić information content (AvgIpc) is 2.76. The molecule has 1 amide bonds. The number of nitrogens with zero attached hydrogens (tertiary/aromatic N) is 2. The third kappa shape index (κ3) is 2.54. The molecule has 1 aromatic heterocycles. The van der Waals surface area contributed by atoms with Gasteiger partial charge in [0.2, 0.25) is 0 Å². The molecule has 0 aliphatic heterocycles. The molecule has 8 heteroatoms. The van der Waals surface area contributed by atoms with E-state index in [2.05, 4.69) is 31.4 Å². The summed E-state index contributed by atoms with van der Waals surface area (Å²) in [6.07, 6.45) is 1.46. The van der Waals surface area contributed by atoms with Gasteiger partial charge in [0, 0.05) is 17.8 Å². The lowest BCUT2D eigenvalue weighted by atomic mass is 10.3. The van der Waals surface area contributed by atoms with Gasteiger partial charge in [0.1, 0.15) is 5.69 Å². The molecule has 7 nitrogen and oxygen atoms in total. The third-order valence-corrected chi connectivity index (χ3v) is 2.76. The van der Waals surface area contributed by atoms with Crippen molar-refractivity contribution in [3.8, 4) is 0 Å². The third-order valence-electron chi connectivity index (χ3n) is 2.16. The van der Waals surface area contributed by atoms with Gasteiger partial charge in [0.25, 0.3) is 11.6 Å². The van der Waals surface area contributed by atoms with E-state index in [1.165, 1.54) is 30.5 Å². The van der Waals surface area contributed by atoms with E-state index in [4.69, 9.17) is 0 Å². The van der Waals surface area contributed by atoms with Crippen LogP contribution in [0, 0.1) is 10.1 Å². The van der Waals surface area contributed by atoms with Gasteiger partial charge >= 0.3 is 0 Å². The quantitative estimate of drug-likeness (QED) is 0.671. The first-order valence-electron chi connectivity index (χ1n) is 4.82. The zero-order chi connectivity index (χ0) is 13.1. The summed E-state index contributed by atoms with van der Waals surface area (Å²) in [4.78, 5) is 21.7. The Morgan fingerprint density at radius 3 is 2.56 bits per heavy atom. The van der Waals surface area contributed by atoms with Gasteiger partial charge < -0.3 is 5.32 Å². The van der Waals surface area contributed by atoms with Gasteiger partial charge in [-0.3, -0.25) is 20.0 Å². The molecule has 0 aliphatic rings. The lowest BCUT2D eigenvalue weighted by Crippen LogP contribution is -2.12. The van der Waals surface area contributed by atoms with Crippen molar-refractivity contribution < 1.29 is 9.72 Å². The van der Waals surface area contributed by atoms with E-state index in [9.17, 15) is 14.9 Å². The highest BCUT2D eigenvalue weighted by Gasteiger charge is 2.12. The average molecular weight is 311 g/mol. The summed E-state index contributed by atoms with van der Waals surface area (Å²) in [6, 6.07) is 5.55. The first kappa shape index (κ1) is 12.2. The maximum Gasteiger partial charge on any atom is 0.274 e. The van der Waals surface area contributed by atoms with Crippen molar-refractivity contribution in [2.75, 3.05) is 5.32 Å². The number of nitro groups is 1. The number of halogens is 1. The van der Waals surface area contributed by atoms with Crippen LogP contribution < -0.4 is 5.32 Å². The molecule has 0 atom stereocenters. The van der Waals surface area contributed by atoms with Crippen molar-refractivity contribution in [3.05, 3.63) is 50.7 Å². The number of H-pyrrole nitrogens is 1. The Labute approximate surface area is 109 Å². The number of carbonyl (C=O) groups is 1. The van der Waals surface area contributed by atoms with Gasteiger partial charge in [0.05, 0.1) is 15.6 Å². The molecule has 0 bridgehead atoms. The van der Waals surface area contributed by atoms with Crippen LogP contribution in [0.5, 0.6) is 0 Å². The normalized spacial score (nSPS) is 10.1. The lowest BCUT2D eigenvalue weighted by Gasteiger charge is -2.03. The number of nitrogens with one attached hydrogen (secondary N) is 2. The molecule has 0 unspecified atom stereocenters. The Kier molecular flexibility index (Phi) is 3.38. The van der Waals surface area contributed by atoms with Crippen molar-refractivity contribution in [3.63, 3.8) is 0 Å². The second-order valence-corrected chi connectivity index (χ2v) is 4.21. The van der Waals surface area contributed by atoms with Crippen molar-refractivity contribution in [2.24, 2.45) is 0 Å². The van der Waals surface area contributed by atoms with E-state index in [1.807, 2.05) is 0 Å². The Hall–Kier alpha value is -2.22. The van der Waals surface area contributed by atoms with Gasteiger partial charge in [-0.05, 0) is 28.1 Å². The molecular formula is C10H7BrN4O3. The number of non-ortho nitro benzene ring substituents is 1. The van der Waals surface area contributed by atoms with Gasteiger partial charge in [-0.2, -0.15) is 5.10 Å². The van der Waals surface area contributed by atoms with Crippen molar-refractivity contribution >= 4 is 33.2 Å². The molecule has 2 aromatic rings. The van der Waals surface area contributed by atoms with Gasteiger partial charge in [-0.15, -0.1) is 0 Å². The van der Waals surface area contributed by atoms with Crippen LogP contribution in [0.25, 0.3) is 0 Å². The minimum Gasteiger partial charge on any atom is -0.321 e. The number of aromatic amines is 1. The summed E-state index contributed by atoms with van der Waals surface area (Å²) in [7, 11) is 0. The second kappa shape index (κ2) is 4.96. The number of benzene rings is 1. The summed E-state index contributed by atoms with van der Waals surface area (Å²) in [6.45, 7) is 0. The lowest BCUT2D eigenvalue weighted by molar-refractivity contribution is -0.384. The SMILES string of the molecule is O=C(Nc1ccc([N+](=O)[O-])cc1)c1[nH]ncc1Br. The van der Waals surface area contributed by atoms with E-state index >= 15 is 0 Å². The molecule has 0 aliphatic carbocycles. The monoisotopic (exact) mass is 310 g/mol. The summed E-state index contributed by atoms with van der Waals surface area (Å²) in [5.41, 5.74) is 0.719. The predicted molar refractivity (Wildman–Crippen MR) is 67.3 cm³/mol. The van der Waals surface area contributed by atoms with E-state index in [0.29, 0.717) is 10.2 Å². The fourth-order valence-corrected chi connectivity index (χ4v) is 1.66. The highest BCUT2D eigenvalue weighted by Crippen LogP contribution is 2.18. The minimum absolute atomic E-state index is 0.0317. The van der Waals surface area contributed by atoms with Crippen LogP contribution in [0.1, 0.15) is 10.5 Å². The van der Waals surface area contributed by atoms with Crippen LogP contribution in [0.3, 0.4) is 0 Å². The number of amides is 1. The molecule has 0 saturated carbocycles. The molecule has 2 rings (SSSR count). The van der Waals surface area contributed by atoms with Crippen LogP contribution in [0.4, 0.5) is 11.4 Å². The van der Waals surface area contributed by atoms with E-state index in [0.717, 1.165) is 0 Å². The summed E-state index contributed by atoms with van der Waals surface area (Å²) < 4.78 is 0.543. The summed E-state index contributed by atoms with van der Waals surface area (Å²) in [5, 5.41) is 19.3.